The summed E-state index contributed by atoms with van der Waals surface area (Å²) in [5.74, 6) is -0.532. The Balaban J connectivity index is 1.32. The molecule has 0 aromatic heterocycles. The smallest absolute Gasteiger partial charge is 0.255 e. The molecule has 1 atom stereocenters. The first-order valence-corrected chi connectivity index (χ1v) is 10.1. The van der Waals surface area contributed by atoms with Crippen LogP contribution in [0.2, 0.25) is 0 Å². The van der Waals surface area contributed by atoms with E-state index in [1.165, 1.54) is 5.56 Å². The SMILES string of the molecule is O=C1N(CCc2ccccc2)CCC[C@]1(O)CN1CCC2(CC1)OCCO2. The minimum atomic E-state index is -1.27. The molecule has 0 radical (unpaired) electrons. The molecule has 0 aliphatic carbocycles. The van der Waals surface area contributed by atoms with Crippen LogP contribution in [0, 0.1) is 0 Å². The van der Waals surface area contributed by atoms with Crippen molar-refractivity contribution in [2.75, 3.05) is 45.9 Å². The van der Waals surface area contributed by atoms with E-state index in [9.17, 15) is 9.90 Å². The number of likely N-dealkylation sites (tertiary alicyclic amines) is 2. The average Bonchev–Trinajstić information content (AvgIpc) is 3.14. The van der Waals surface area contributed by atoms with Gasteiger partial charge in [-0.2, -0.15) is 0 Å². The van der Waals surface area contributed by atoms with E-state index in [2.05, 4.69) is 17.0 Å². The summed E-state index contributed by atoms with van der Waals surface area (Å²) in [6.07, 6.45) is 3.82. The number of rotatable bonds is 5. The molecular formula is C21H30N2O4. The molecule has 27 heavy (non-hydrogen) atoms. The van der Waals surface area contributed by atoms with Gasteiger partial charge in [0, 0.05) is 45.6 Å². The van der Waals surface area contributed by atoms with Crippen LogP contribution in [-0.2, 0) is 20.7 Å². The lowest BCUT2D eigenvalue weighted by Gasteiger charge is -2.43. The summed E-state index contributed by atoms with van der Waals surface area (Å²) in [6, 6.07) is 10.2. The maximum atomic E-state index is 13.0. The predicted octanol–water partition coefficient (Wildman–Crippen LogP) is 1.42. The lowest BCUT2D eigenvalue weighted by molar-refractivity contribution is -0.190. The highest BCUT2D eigenvalue weighted by Crippen LogP contribution is 2.33. The van der Waals surface area contributed by atoms with E-state index in [1.54, 1.807) is 0 Å². The summed E-state index contributed by atoms with van der Waals surface area (Å²) in [6.45, 7) is 4.72. The molecular weight excluding hydrogens is 344 g/mol. The first-order chi connectivity index (χ1) is 13.1. The van der Waals surface area contributed by atoms with Gasteiger partial charge in [0.1, 0.15) is 0 Å². The van der Waals surface area contributed by atoms with E-state index in [-0.39, 0.29) is 5.91 Å². The zero-order valence-corrected chi connectivity index (χ0v) is 15.9. The van der Waals surface area contributed by atoms with Crippen LogP contribution in [-0.4, -0.2) is 78.1 Å². The average molecular weight is 374 g/mol. The topological polar surface area (TPSA) is 62.2 Å². The van der Waals surface area contributed by atoms with Gasteiger partial charge in [0.15, 0.2) is 11.4 Å². The van der Waals surface area contributed by atoms with E-state index >= 15 is 0 Å². The molecule has 6 heteroatoms. The third-order valence-electron chi connectivity index (χ3n) is 6.13. The fraction of sp³-hybridized carbons (Fsp3) is 0.667. The number of carbonyl (C=O) groups is 1. The van der Waals surface area contributed by atoms with Crippen LogP contribution in [0.4, 0.5) is 0 Å². The second-order valence-electron chi connectivity index (χ2n) is 8.05. The van der Waals surface area contributed by atoms with Crippen molar-refractivity contribution in [3.8, 4) is 0 Å². The Hall–Kier alpha value is -1.47. The van der Waals surface area contributed by atoms with Crippen molar-refractivity contribution in [2.24, 2.45) is 0 Å². The van der Waals surface area contributed by atoms with Crippen LogP contribution >= 0.6 is 0 Å². The molecule has 148 valence electrons. The Morgan fingerprint density at radius 3 is 2.41 bits per heavy atom. The lowest BCUT2D eigenvalue weighted by atomic mass is 9.89. The number of carbonyl (C=O) groups excluding carboxylic acids is 1. The number of hydrogen-bond acceptors (Lipinski definition) is 5. The van der Waals surface area contributed by atoms with E-state index in [4.69, 9.17) is 9.47 Å². The second-order valence-corrected chi connectivity index (χ2v) is 8.05. The van der Waals surface area contributed by atoms with Gasteiger partial charge in [-0.1, -0.05) is 30.3 Å². The largest absolute Gasteiger partial charge is 0.379 e. The number of aliphatic hydroxyl groups is 1. The molecule has 0 unspecified atom stereocenters. The molecule has 3 aliphatic heterocycles. The zero-order valence-electron chi connectivity index (χ0n) is 15.9. The number of hydrogen-bond donors (Lipinski definition) is 1. The van der Waals surface area contributed by atoms with Crippen molar-refractivity contribution >= 4 is 5.91 Å². The molecule has 3 heterocycles. The molecule has 3 saturated heterocycles. The highest BCUT2D eigenvalue weighted by atomic mass is 16.7. The summed E-state index contributed by atoms with van der Waals surface area (Å²) < 4.78 is 11.5. The molecule has 4 rings (SSSR count). The van der Waals surface area contributed by atoms with Gasteiger partial charge in [0.2, 0.25) is 0 Å². The monoisotopic (exact) mass is 374 g/mol. The van der Waals surface area contributed by atoms with E-state index in [0.717, 1.165) is 45.3 Å². The third kappa shape index (κ3) is 4.19. The summed E-state index contributed by atoms with van der Waals surface area (Å²) in [5, 5.41) is 11.1. The number of nitrogens with zero attached hydrogens (tertiary/aromatic N) is 2. The Morgan fingerprint density at radius 1 is 1.00 bits per heavy atom. The summed E-state index contributed by atoms with van der Waals surface area (Å²) in [5.41, 5.74) is -0.0473. The van der Waals surface area contributed by atoms with Crippen LogP contribution in [0.3, 0.4) is 0 Å². The minimum absolute atomic E-state index is 0.113. The molecule has 1 aromatic carbocycles. The maximum absolute atomic E-state index is 13.0. The molecule has 1 N–H and O–H groups in total. The number of amides is 1. The Bertz CT molecular complexity index is 637. The van der Waals surface area contributed by atoms with Gasteiger partial charge in [-0.3, -0.25) is 9.69 Å². The van der Waals surface area contributed by atoms with Gasteiger partial charge in [-0.05, 0) is 24.8 Å². The van der Waals surface area contributed by atoms with Crippen LogP contribution in [0.5, 0.6) is 0 Å². The summed E-state index contributed by atoms with van der Waals surface area (Å²) >= 11 is 0. The van der Waals surface area contributed by atoms with Crippen molar-refractivity contribution < 1.29 is 19.4 Å². The van der Waals surface area contributed by atoms with E-state index < -0.39 is 11.4 Å². The summed E-state index contributed by atoms with van der Waals surface area (Å²) in [4.78, 5) is 17.0. The zero-order chi connectivity index (χ0) is 18.7. The molecule has 6 nitrogen and oxygen atoms in total. The highest BCUT2D eigenvalue weighted by Gasteiger charge is 2.46. The van der Waals surface area contributed by atoms with Crippen LogP contribution in [0.25, 0.3) is 0 Å². The molecule has 1 spiro atoms. The van der Waals surface area contributed by atoms with Gasteiger partial charge in [-0.15, -0.1) is 0 Å². The quantitative estimate of drug-likeness (QED) is 0.845. The summed E-state index contributed by atoms with van der Waals surface area (Å²) in [7, 11) is 0. The van der Waals surface area contributed by atoms with Crippen molar-refractivity contribution in [2.45, 2.75) is 43.5 Å². The van der Waals surface area contributed by atoms with Crippen molar-refractivity contribution in [1.82, 2.24) is 9.80 Å². The van der Waals surface area contributed by atoms with Gasteiger partial charge < -0.3 is 19.5 Å². The molecule has 3 fully saturated rings. The molecule has 1 aromatic rings. The molecule has 0 saturated carbocycles. The van der Waals surface area contributed by atoms with E-state index in [1.807, 2.05) is 23.1 Å². The molecule has 0 bridgehead atoms. The Labute approximate surface area is 161 Å². The first kappa shape index (κ1) is 18.9. The van der Waals surface area contributed by atoms with Crippen molar-refractivity contribution in [3.63, 3.8) is 0 Å². The van der Waals surface area contributed by atoms with Gasteiger partial charge in [-0.25, -0.2) is 0 Å². The van der Waals surface area contributed by atoms with Crippen LogP contribution < -0.4 is 0 Å². The highest BCUT2D eigenvalue weighted by molar-refractivity contribution is 5.86. The first-order valence-electron chi connectivity index (χ1n) is 10.1. The lowest BCUT2D eigenvalue weighted by Crippen LogP contribution is -2.60. The second kappa shape index (κ2) is 7.87. The minimum Gasteiger partial charge on any atom is -0.379 e. The normalized spacial score (nSPS) is 28.8. The predicted molar refractivity (Wildman–Crippen MR) is 101 cm³/mol. The maximum Gasteiger partial charge on any atom is 0.255 e. The molecule has 1 amide bonds. The molecule has 3 aliphatic rings. The van der Waals surface area contributed by atoms with Gasteiger partial charge in [0.25, 0.3) is 5.91 Å². The Kier molecular flexibility index (Phi) is 5.50. The van der Waals surface area contributed by atoms with E-state index in [0.29, 0.717) is 32.7 Å². The van der Waals surface area contributed by atoms with Crippen LogP contribution in [0.1, 0.15) is 31.2 Å². The fourth-order valence-electron chi connectivity index (χ4n) is 4.54. The van der Waals surface area contributed by atoms with Crippen molar-refractivity contribution in [3.05, 3.63) is 35.9 Å². The van der Waals surface area contributed by atoms with Crippen molar-refractivity contribution in [1.29, 1.82) is 0 Å². The number of ether oxygens (including phenoxy) is 2. The number of β-amino-alcohol motifs (C(OH)–C–C–N with tert-alkyl or cyclic N) is 1. The van der Waals surface area contributed by atoms with Crippen LogP contribution in [0.15, 0.2) is 30.3 Å². The van der Waals surface area contributed by atoms with Gasteiger partial charge >= 0.3 is 0 Å². The standard InChI is InChI=1S/C21H30N2O4/c24-19-20(25,17-22-13-9-21(10-14-22)26-15-16-27-21)8-4-11-23(19)12-7-18-5-2-1-3-6-18/h1-3,5-6,25H,4,7-17H2/t20-/m0/s1. The Morgan fingerprint density at radius 2 is 1.70 bits per heavy atom. The number of piperidine rings is 2. The fourth-order valence-corrected chi connectivity index (χ4v) is 4.54. The number of benzene rings is 1. The van der Waals surface area contributed by atoms with Gasteiger partial charge in [0.05, 0.1) is 13.2 Å². The third-order valence-corrected chi connectivity index (χ3v) is 6.13.